The Morgan fingerprint density at radius 1 is 1.43 bits per heavy atom. The molecule has 0 saturated heterocycles. The van der Waals surface area contributed by atoms with Gasteiger partial charge in [-0.25, -0.2) is 9.78 Å². The van der Waals surface area contributed by atoms with Gasteiger partial charge in [0.1, 0.15) is 6.61 Å². The smallest absolute Gasteiger partial charge is 0.411 e. The van der Waals surface area contributed by atoms with E-state index < -0.39 is 24.7 Å². The van der Waals surface area contributed by atoms with Crippen LogP contribution in [0.4, 0.5) is 13.2 Å². The minimum absolute atomic E-state index is 0.109. The van der Waals surface area contributed by atoms with Gasteiger partial charge in [0.2, 0.25) is 5.91 Å². The van der Waals surface area contributed by atoms with Gasteiger partial charge in [-0.3, -0.25) is 4.79 Å². The number of ether oxygens (including phenoxy) is 1. The van der Waals surface area contributed by atoms with Crippen molar-refractivity contribution >= 4 is 11.9 Å². The molecule has 10 heteroatoms. The van der Waals surface area contributed by atoms with Crippen LogP contribution in [0.1, 0.15) is 16.9 Å². The van der Waals surface area contributed by atoms with E-state index in [1.165, 1.54) is 17.1 Å². The quantitative estimate of drug-likeness (QED) is 0.688. The number of imidazole rings is 1. The second kappa shape index (κ2) is 7.62. The van der Waals surface area contributed by atoms with E-state index in [-0.39, 0.29) is 25.3 Å². The summed E-state index contributed by atoms with van der Waals surface area (Å²) in [5, 5.41) is 11.1. The van der Waals surface area contributed by atoms with E-state index in [4.69, 9.17) is 5.11 Å². The lowest BCUT2D eigenvalue weighted by molar-refractivity contribution is -0.174. The molecule has 1 aromatic rings. The van der Waals surface area contributed by atoms with Crippen molar-refractivity contribution in [2.45, 2.75) is 19.1 Å². The summed E-state index contributed by atoms with van der Waals surface area (Å²) < 4.78 is 41.0. The molecule has 0 fully saturated rings. The van der Waals surface area contributed by atoms with Crippen molar-refractivity contribution in [2.75, 3.05) is 19.8 Å². The van der Waals surface area contributed by atoms with Crippen LogP contribution in [-0.2, 0) is 16.1 Å². The van der Waals surface area contributed by atoms with Gasteiger partial charge in [-0.1, -0.05) is 0 Å². The molecule has 7 nitrogen and oxygen atoms in total. The minimum atomic E-state index is -4.40. The lowest BCUT2D eigenvalue weighted by Gasteiger charge is -2.08. The molecule has 0 aromatic carbocycles. The molecule has 1 heterocycles. The molecule has 0 bridgehead atoms. The molecule has 21 heavy (non-hydrogen) atoms. The number of amides is 1. The number of carbonyl (C=O) groups is 2. The Hall–Kier alpha value is -2.10. The highest BCUT2D eigenvalue weighted by molar-refractivity contribution is 5.84. The van der Waals surface area contributed by atoms with E-state index in [9.17, 15) is 22.8 Å². The van der Waals surface area contributed by atoms with Crippen LogP contribution in [0.3, 0.4) is 0 Å². The lowest BCUT2D eigenvalue weighted by atomic mass is 10.4. The molecular weight excluding hydrogens is 295 g/mol. The van der Waals surface area contributed by atoms with Gasteiger partial charge in [-0.15, -0.1) is 0 Å². The summed E-state index contributed by atoms with van der Waals surface area (Å²) in [4.78, 5) is 25.5. The number of carbonyl (C=O) groups excluding carboxylic acids is 1. The number of alkyl halides is 3. The highest BCUT2D eigenvalue weighted by atomic mass is 19.4. The van der Waals surface area contributed by atoms with Gasteiger partial charge in [0.25, 0.3) is 0 Å². The largest absolute Gasteiger partial charge is 0.476 e. The van der Waals surface area contributed by atoms with Crippen LogP contribution in [0.5, 0.6) is 0 Å². The van der Waals surface area contributed by atoms with Crippen molar-refractivity contribution in [2.24, 2.45) is 0 Å². The fraction of sp³-hybridized carbons (Fsp3) is 0.545. The Morgan fingerprint density at radius 3 is 2.71 bits per heavy atom. The van der Waals surface area contributed by atoms with E-state index in [0.717, 1.165) is 0 Å². The zero-order valence-corrected chi connectivity index (χ0v) is 10.9. The van der Waals surface area contributed by atoms with E-state index in [1.54, 1.807) is 0 Å². The molecule has 118 valence electrons. The van der Waals surface area contributed by atoms with Crippen molar-refractivity contribution < 1.29 is 32.6 Å². The number of halogens is 3. The molecule has 0 radical (unpaired) electrons. The van der Waals surface area contributed by atoms with Crippen LogP contribution in [0.15, 0.2) is 12.5 Å². The first-order chi connectivity index (χ1) is 9.78. The predicted molar refractivity (Wildman–Crippen MR) is 63.7 cm³/mol. The monoisotopic (exact) mass is 309 g/mol. The minimum Gasteiger partial charge on any atom is -0.476 e. The third kappa shape index (κ3) is 7.30. The molecule has 1 rings (SSSR count). The number of aromatic nitrogens is 2. The molecule has 0 aliphatic carbocycles. The summed E-state index contributed by atoms with van der Waals surface area (Å²) in [6.45, 7) is -1.20. The second-order valence-corrected chi connectivity index (χ2v) is 4.07. The molecule has 0 spiro atoms. The summed E-state index contributed by atoms with van der Waals surface area (Å²) in [6, 6.07) is 0. The van der Waals surface area contributed by atoms with Gasteiger partial charge in [-0.2, -0.15) is 13.2 Å². The normalized spacial score (nSPS) is 11.4. The van der Waals surface area contributed by atoms with Gasteiger partial charge in [0.05, 0.1) is 12.9 Å². The van der Waals surface area contributed by atoms with Crippen molar-refractivity contribution in [3.8, 4) is 0 Å². The van der Waals surface area contributed by atoms with E-state index in [2.05, 4.69) is 15.0 Å². The average Bonchev–Trinajstić information content (AvgIpc) is 2.82. The average molecular weight is 309 g/mol. The molecule has 0 saturated carbocycles. The maximum absolute atomic E-state index is 11.8. The Labute approximate surface area is 117 Å². The van der Waals surface area contributed by atoms with Crippen LogP contribution in [0.2, 0.25) is 0 Å². The summed E-state index contributed by atoms with van der Waals surface area (Å²) >= 11 is 0. The Kier molecular flexibility index (Phi) is 6.15. The molecule has 1 amide bonds. The third-order valence-electron chi connectivity index (χ3n) is 2.28. The fourth-order valence-electron chi connectivity index (χ4n) is 1.36. The lowest BCUT2D eigenvalue weighted by Crippen LogP contribution is -2.28. The summed E-state index contributed by atoms with van der Waals surface area (Å²) in [5.41, 5.74) is -0.109. The standard InChI is InChI=1S/C11H14F3N3O4/c12-11(13,14)6-21-4-1-9(18)15-2-3-17-5-8(10(19)20)16-7-17/h5,7H,1-4,6H2,(H,15,18)(H,19,20). The number of nitrogens with one attached hydrogen (secondary N) is 1. The molecule has 1 aromatic heterocycles. The van der Waals surface area contributed by atoms with Crippen molar-refractivity contribution in [3.05, 3.63) is 18.2 Å². The number of nitrogens with zero attached hydrogens (tertiary/aromatic N) is 2. The third-order valence-corrected chi connectivity index (χ3v) is 2.28. The van der Waals surface area contributed by atoms with Crippen LogP contribution >= 0.6 is 0 Å². The Balaban J connectivity index is 2.14. The first-order valence-electron chi connectivity index (χ1n) is 5.94. The van der Waals surface area contributed by atoms with Crippen LogP contribution < -0.4 is 5.32 Å². The number of aromatic carboxylic acids is 1. The van der Waals surface area contributed by atoms with Gasteiger partial charge in [-0.05, 0) is 0 Å². The van der Waals surface area contributed by atoms with Crippen LogP contribution in [0.25, 0.3) is 0 Å². The van der Waals surface area contributed by atoms with E-state index in [0.29, 0.717) is 6.54 Å². The highest BCUT2D eigenvalue weighted by Crippen LogP contribution is 2.14. The highest BCUT2D eigenvalue weighted by Gasteiger charge is 2.27. The molecular formula is C11H14F3N3O4. The zero-order valence-electron chi connectivity index (χ0n) is 10.9. The van der Waals surface area contributed by atoms with Crippen molar-refractivity contribution in [1.29, 1.82) is 0 Å². The Bertz CT molecular complexity index is 487. The summed E-state index contributed by atoms with van der Waals surface area (Å²) in [5.74, 6) is -1.60. The van der Waals surface area contributed by atoms with Gasteiger partial charge in [0, 0.05) is 25.7 Å². The number of hydrogen-bond donors (Lipinski definition) is 2. The van der Waals surface area contributed by atoms with Gasteiger partial charge in [0.15, 0.2) is 5.69 Å². The van der Waals surface area contributed by atoms with E-state index >= 15 is 0 Å². The topological polar surface area (TPSA) is 93.5 Å². The zero-order chi connectivity index (χ0) is 15.9. The van der Waals surface area contributed by atoms with Crippen molar-refractivity contribution in [1.82, 2.24) is 14.9 Å². The number of hydrogen-bond acceptors (Lipinski definition) is 4. The molecule has 0 aliphatic heterocycles. The van der Waals surface area contributed by atoms with Crippen LogP contribution in [0, 0.1) is 0 Å². The predicted octanol–water partition coefficient (Wildman–Crippen LogP) is 0.666. The number of rotatable bonds is 8. The summed E-state index contributed by atoms with van der Waals surface area (Å²) in [7, 11) is 0. The maximum atomic E-state index is 11.8. The summed E-state index contributed by atoms with van der Waals surface area (Å²) in [6.07, 6.45) is -1.97. The first kappa shape index (κ1) is 17.0. The second-order valence-electron chi connectivity index (χ2n) is 4.07. The fourth-order valence-corrected chi connectivity index (χ4v) is 1.36. The molecule has 2 N–H and O–H groups in total. The Morgan fingerprint density at radius 2 is 2.14 bits per heavy atom. The number of carboxylic acids is 1. The van der Waals surface area contributed by atoms with Gasteiger partial charge >= 0.3 is 12.1 Å². The van der Waals surface area contributed by atoms with Crippen LogP contribution in [-0.4, -0.2) is 52.5 Å². The SMILES string of the molecule is O=C(CCOCC(F)(F)F)NCCn1cnc(C(=O)O)c1. The number of carboxylic acid groups (broad SMARTS) is 1. The maximum Gasteiger partial charge on any atom is 0.411 e. The molecule has 0 atom stereocenters. The van der Waals surface area contributed by atoms with Crippen molar-refractivity contribution in [3.63, 3.8) is 0 Å². The first-order valence-corrected chi connectivity index (χ1v) is 5.94. The van der Waals surface area contributed by atoms with Gasteiger partial charge < -0.3 is 19.7 Å². The molecule has 0 unspecified atom stereocenters. The van der Waals surface area contributed by atoms with E-state index in [1.807, 2.05) is 0 Å². The molecule has 0 aliphatic rings.